The molecule has 0 atom stereocenters. The van der Waals surface area contributed by atoms with Crippen LogP contribution in [-0.4, -0.2) is 22.3 Å². The number of nitrogens with zero attached hydrogens (tertiary/aromatic N) is 2. The molecule has 1 aromatic rings. The Balaban J connectivity index is 1.73. The average molecular weight is 211 g/mol. The highest BCUT2D eigenvalue weighted by atomic mass is 16.5. The van der Waals surface area contributed by atoms with Gasteiger partial charge in [-0.2, -0.15) is 4.98 Å². The average Bonchev–Trinajstić information content (AvgIpc) is 2.59. The Bertz CT molecular complexity index is 307. The van der Waals surface area contributed by atoms with E-state index < -0.39 is 0 Å². The molecule has 0 radical (unpaired) electrons. The Kier molecular flexibility index (Phi) is 3.33. The van der Waals surface area contributed by atoms with E-state index in [9.17, 15) is 0 Å². The summed E-state index contributed by atoms with van der Waals surface area (Å²) >= 11 is 0. The maximum Gasteiger partial charge on any atom is 0.226 e. The first kappa shape index (κ1) is 10.6. The predicted octanol–water partition coefficient (Wildman–Crippen LogP) is 1.03. The molecule has 0 bridgehead atoms. The Morgan fingerprint density at radius 3 is 3.00 bits per heavy atom. The van der Waals surface area contributed by atoms with Gasteiger partial charge in [-0.25, -0.2) is 0 Å². The van der Waals surface area contributed by atoms with Crippen LogP contribution in [0.25, 0.3) is 0 Å². The minimum atomic E-state index is 0.285. The highest BCUT2D eigenvalue weighted by Gasteiger charge is 2.26. The van der Waals surface area contributed by atoms with Gasteiger partial charge in [0.15, 0.2) is 5.82 Å². The second-order valence-corrected chi connectivity index (χ2v) is 4.02. The van der Waals surface area contributed by atoms with E-state index in [1.807, 2.05) is 0 Å². The summed E-state index contributed by atoms with van der Waals surface area (Å²) in [5.74, 6) is 1.33. The van der Waals surface area contributed by atoms with Crippen molar-refractivity contribution in [2.45, 2.75) is 51.4 Å². The topological polar surface area (TPSA) is 74.2 Å². The molecule has 5 heteroatoms. The van der Waals surface area contributed by atoms with Crippen LogP contribution < -0.4 is 5.73 Å². The molecule has 15 heavy (non-hydrogen) atoms. The van der Waals surface area contributed by atoms with Crippen molar-refractivity contribution in [3.8, 4) is 0 Å². The van der Waals surface area contributed by atoms with Crippen LogP contribution in [0.1, 0.15) is 37.9 Å². The number of nitrogens with two attached hydrogens (primary N) is 1. The van der Waals surface area contributed by atoms with Crippen molar-refractivity contribution in [1.29, 1.82) is 0 Å². The van der Waals surface area contributed by atoms with Gasteiger partial charge in [0.2, 0.25) is 5.89 Å². The summed E-state index contributed by atoms with van der Waals surface area (Å²) in [6, 6.07) is 0.316. The molecule has 0 spiro atoms. The van der Waals surface area contributed by atoms with Gasteiger partial charge in [0, 0.05) is 12.5 Å². The molecule has 1 aliphatic rings. The third kappa shape index (κ3) is 2.76. The largest absolute Gasteiger partial charge is 0.370 e. The van der Waals surface area contributed by atoms with Gasteiger partial charge >= 0.3 is 0 Å². The fraction of sp³-hybridized carbons (Fsp3) is 0.800. The van der Waals surface area contributed by atoms with Crippen molar-refractivity contribution in [2.24, 2.45) is 5.73 Å². The minimum absolute atomic E-state index is 0.285. The molecule has 0 aliphatic heterocycles. The number of hydrogen-bond donors (Lipinski definition) is 1. The molecule has 1 saturated carbocycles. The first-order valence-electron chi connectivity index (χ1n) is 5.46. The highest BCUT2D eigenvalue weighted by Crippen LogP contribution is 2.21. The quantitative estimate of drug-likeness (QED) is 0.787. The lowest BCUT2D eigenvalue weighted by atomic mass is 9.90. The number of aromatic nitrogens is 2. The van der Waals surface area contributed by atoms with Crippen LogP contribution in [0.4, 0.5) is 0 Å². The standard InChI is InChI=1S/C10H17N3O2/c1-2-3-10-12-9(13-15-10)6-14-8-4-7(11)5-8/h7-8H,2-6,11H2,1H3. The van der Waals surface area contributed by atoms with E-state index in [1.54, 1.807) is 0 Å². The minimum Gasteiger partial charge on any atom is -0.370 e. The molecule has 1 aliphatic carbocycles. The molecule has 1 aromatic heterocycles. The Hall–Kier alpha value is -0.940. The summed E-state index contributed by atoms with van der Waals surface area (Å²) in [6.45, 7) is 2.51. The second-order valence-electron chi connectivity index (χ2n) is 4.02. The fourth-order valence-electron chi connectivity index (χ4n) is 1.60. The van der Waals surface area contributed by atoms with Crippen molar-refractivity contribution in [2.75, 3.05) is 0 Å². The van der Waals surface area contributed by atoms with Gasteiger partial charge in [-0.1, -0.05) is 12.1 Å². The number of ether oxygens (including phenoxy) is 1. The lowest BCUT2D eigenvalue weighted by Crippen LogP contribution is -2.41. The maximum atomic E-state index is 5.65. The molecule has 1 heterocycles. The zero-order valence-electron chi connectivity index (χ0n) is 8.98. The smallest absolute Gasteiger partial charge is 0.226 e. The summed E-state index contributed by atoms with van der Waals surface area (Å²) in [6.07, 6.45) is 4.02. The molecule has 5 nitrogen and oxygen atoms in total. The third-order valence-electron chi connectivity index (χ3n) is 2.55. The van der Waals surface area contributed by atoms with Gasteiger partial charge in [0.25, 0.3) is 0 Å². The lowest BCUT2D eigenvalue weighted by Gasteiger charge is -2.31. The fourth-order valence-corrected chi connectivity index (χ4v) is 1.60. The molecule has 0 saturated heterocycles. The van der Waals surface area contributed by atoms with E-state index in [-0.39, 0.29) is 6.10 Å². The van der Waals surface area contributed by atoms with Crippen LogP contribution in [0, 0.1) is 0 Å². The first-order valence-corrected chi connectivity index (χ1v) is 5.46. The molecule has 0 amide bonds. The van der Waals surface area contributed by atoms with E-state index in [1.165, 1.54) is 0 Å². The Morgan fingerprint density at radius 1 is 1.53 bits per heavy atom. The summed E-state index contributed by atoms with van der Waals surface area (Å²) in [5.41, 5.74) is 5.65. The van der Waals surface area contributed by atoms with Gasteiger partial charge in [-0.15, -0.1) is 0 Å². The monoisotopic (exact) mass is 211 g/mol. The van der Waals surface area contributed by atoms with E-state index in [4.69, 9.17) is 15.0 Å². The summed E-state index contributed by atoms with van der Waals surface area (Å²) in [4.78, 5) is 4.22. The first-order chi connectivity index (χ1) is 7.28. The summed E-state index contributed by atoms with van der Waals surface area (Å²) < 4.78 is 10.6. The second kappa shape index (κ2) is 4.72. The summed E-state index contributed by atoms with van der Waals surface area (Å²) in [5, 5.41) is 3.84. The normalized spacial score (nSPS) is 25.2. The van der Waals surface area contributed by atoms with Gasteiger partial charge in [0.1, 0.15) is 6.61 Å². The van der Waals surface area contributed by atoms with Gasteiger partial charge in [-0.3, -0.25) is 0 Å². The van der Waals surface area contributed by atoms with Crippen molar-refractivity contribution in [3.63, 3.8) is 0 Å². The predicted molar refractivity (Wildman–Crippen MR) is 54.1 cm³/mol. The van der Waals surface area contributed by atoms with E-state index >= 15 is 0 Å². The molecule has 2 N–H and O–H groups in total. The lowest BCUT2D eigenvalue weighted by molar-refractivity contribution is -0.0221. The van der Waals surface area contributed by atoms with Crippen LogP contribution in [0.3, 0.4) is 0 Å². The molecule has 84 valence electrons. The van der Waals surface area contributed by atoms with E-state index in [2.05, 4.69) is 17.1 Å². The van der Waals surface area contributed by atoms with Crippen LogP contribution in [0.2, 0.25) is 0 Å². The SMILES string of the molecule is CCCc1nc(COC2CC(N)C2)no1. The highest BCUT2D eigenvalue weighted by molar-refractivity contribution is 4.87. The molecule has 0 aromatic carbocycles. The van der Waals surface area contributed by atoms with E-state index in [0.29, 0.717) is 24.4 Å². The van der Waals surface area contributed by atoms with Crippen LogP contribution in [0.5, 0.6) is 0 Å². The molecular weight excluding hydrogens is 194 g/mol. The van der Waals surface area contributed by atoms with Crippen molar-refractivity contribution < 1.29 is 9.26 Å². The van der Waals surface area contributed by atoms with Crippen molar-refractivity contribution >= 4 is 0 Å². The van der Waals surface area contributed by atoms with Crippen molar-refractivity contribution in [1.82, 2.24) is 10.1 Å². The number of rotatable bonds is 5. The molecule has 1 fully saturated rings. The van der Waals surface area contributed by atoms with Crippen LogP contribution in [-0.2, 0) is 17.8 Å². The molecule has 0 unspecified atom stereocenters. The van der Waals surface area contributed by atoms with Crippen LogP contribution >= 0.6 is 0 Å². The number of aryl methyl sites for hydroxylation is 1. The molecule has 2 rings (SSSR count). The van der Waals surface area contributed by atoms with Crippen molar-refractivity contribution in [3.05, 3.63) is 11.7 Å². The maximum absolute atomic E-state index is 5.65. The number of hydrogen-bond acceptors (Lipinski definition) is 5. The Morgan fingerprint density at radius 2 is 2.33 bits per heavy atom. The summed E-state index contributed by atoms with van der Waals surface area (Å²) in [7, 11) is 0. The van der Waals surface area contributed by atoms with E-state index in [0.717, 1.165) is 25.7 Å². The molecular formula is C10H17N3O2. The Labute approximate surface area is 89.0 Å². The third-order valence-corrected chi connectivity index (χ3v) is 2.55. The zero-order chi connectivity index (χ0) is 10.7. The van der Waals surface area contributed by atoms with Gasteiger partial charge < -0.3 is 15.0 Å². The van der Waals surface area contributed by atoms with Gasteiger partial charge in [-0.05, 0) is 19.3 Å². The zero-order valence-corrected chi connectivity index (χ0v) is 8.98. The van der Waals surface area contributed by atoms with Crippen LogP contribution in [0.15, 0.2) is 4.52 Å². The van der Waals surface area contributed by atoms with Gasteiger partial charge in [0.05, 0.1) is 6.10 Å².